The summed E-state index contributed by atoms with van der Waals surface area (Å²) >= 11 is 1.69. The third-order valence-corrected chi connectivity index (χ3v) is 6.35. The summed E-state index contributed by atoms with van der Waals surface area (Å²) in [4.78, 5) is 26.2. The average molecular weight is 385 g/mol. The van der Waals surface area contributed by atoms with Crippen molar-refractivity contribution in [3.8, 4) is 0 Å². The molecule has 3 aromatic rings. The highest BCUT2D eigenvalue weighted by atomic mass is 32.1. The zero-order valence-corrected chi connectivity index (χ0v) is 16.3. The number of amides is 1. The minimum absolute atomic E-state index is 0.0482. The number of aromatic nitrogens is 3. The van der Waals surface area contributed by atoms with E-state index in [1.807, 2.05) is 10.5 Å². The summed E-state index contributed by atoms with van der Waals surface area (Å²) in [5.41, 5.74) is 2.77. The largest absolute Gasteiger partial charge is 0.354 e. The number of carbonyl (C=O) groups is 1. The van der Waals surface area contributed by atoms with Crippen molar-refractivity contribution < 1.29 is 4.79 Å². The summed E-state index contributed by atoms with van der Waals surface area (Å²) in [5.74, 6) is -0.174. The Morgan fingerprint density at radius 2 is 2.19 bits per heavy atom. The molecule has 27 heavy (non-hydrogen) atoms. The SMILES string of the molecule is CCc1cc2c(cc3c(=O)n(CC(=O)NCCC4=CCCCC4)ncn32)s1. The topological polar surface area (TPSA) is 68.4 Å². The first-order valence-corrected chi connectivity index (χ1v) is 10.4. The molecule has 3 aromatic heterocycles. The Morgan fingerprint density at radius 1 is 1.30 bits per heavy atom. The highest BCUT2D eigenvalue weighted by Gasteiger charge is 2.13. The number of fused-ring (bicyclic) bond motifs is 3. The predicted molar refractivity (Wildman–Crippen MR) is 108 cm³/mol. The molecule has 0 saturated carbocycles. The summed E-state index contributed by atoms with van der Waals surface area (Å²) < 4.78 is 4.14. The standard InChI is InChI=1S/C20H24N4O2S/c1-2-15-10-16-18(27-15)11-17-20(26)24(22-13-23(16)17)12-19(25)21-9-8-14-6-4-3-5-7-14/h6,10-11,13H,2-5,7-9,12H2,1H3,(H,21,25). The summed E-state index contributed by atoms with van der Waals surface area (Å²) in [6, 6.07) is 4.00. The van der Waals surface area contributed by atoms with Crippen LogP contribution in [0.3, 0.4) is 0 Å². The number of hydrogen-bond acceptors (Lipinski definition) is 4. The van der Waals surface area contributed by atoms with Crippen LogP contribution in [0, 0.1) is 0 Å². The smallest absolute Gasteiger partial charge is 0.291 e. The third kappa shape index (κ3) is 3.69. The van der Waals surface area contributed by atoms with Crippen LogP contribution in [-0.2, 0) is 17.8 Å². The molecule has 0 saturated heterocycles. The molecule has 1 N–H and O–H groups in total. The lowest BCUT2D eigenvalue weighted by Gasteiger charge is -2.13. The number of thiophene rings is 1. The average Bonchev–Trinajstić information content (AvgIpc) is 3.23. The molecular formula is C20H24N4O2S. The zero-order valence-electron chi connectivity index (χ0n) is 15.5. The van der Waals surface area contributed by atoms with Crippen LogP contribution in [0.15, 0.2) is 34.9 Å². The maximum atomic E-state index is 12.7. The Morgan fingerprint density at radius 3 is 2.96 bits per heavy atom. The number of carbonyl (C=O) groups excluding carboxylic acids is 1. The van der Waals surface area contributed by atoms with Gasteiger partial charge in [-0.2, -0.15) is 5.10 Å². The van der Waals surface area contributed by atoms with E-state index in [2.05, 4.69) is 29.5 Å². The van der Waals surface area contributed by atoms with Crippen molar-refractivity contribution in [2.45, 2.75) is 52.0 Å². The van der Waals surface area contributed by atoms with Gasteiger partial charge in [0, 0.05) is 11.4 Å². The molecule has 0 atom stereocenters. The molecule has 0 fully saturated rings. The summed E-state index contributed by atoms with van der Waals surface area (Å²) in [6.07, 6.45) is 10.6. The highest BCUT2D eigenvalue weighted by Crippen LogP contribution is 2.28. The molecule has 0 aliphatic heterocycles. The van der Waals surface area contributed by atoms with Gasteiger partial charge in [0.2, 0.25) is 5.91 Å². The van der Waals surface area contributed by atoms with Gasteiger partial charge < -0.3 is 5.32 Å². The number of rotatable bonds is 6. The van der Waals surface area contributed by atoms with E-state index in [1.165, 1.54) is 28.0 Å². The van der Waals surface area contributed by atoms with E-state index in [9.17, 15) is 9.59 Å². The van der Waals surface area contributed by atoms with Gasteiger partial charge in [-0.15, -0.1) is 11.3 Å². The van der Waals surface area contributed by atoms with Crippen molar-refractivity contribution >= 4 is 33.0 Å². The van der Waals surface area contributed by atoms with Crippen LogP contribution in [0.1, 0.15) is 43.9 Å². The Labute approximate surface area is 161 Å². The molecule has 1 aliphatic rings. The Hall–Kier alpha value is -2.41. The molecular weight excluding hydrogens is 360 g/mol. The van der Waals surface area contributed by atoms with Gasteiger partial charge in [0.05, 0.1) is 10.2 Å². The molecule has 0 spiro atoms. The summed E-state index contributed by atoms with van der Waals surface area (Å²) in [5, 5.41) is 7.11. The van der Waals surface area contributed by atoms with Crippen LogP contribution in [0.2, 0.25) is 0 Å². The summed E-state index contributed by atoms with van der Waals surface area (Å²) in [7, 11) is 0. The van der Waals surface area contributed by atoms with Crippen molar-refractivity contribution in [2.75, 3.05) is 6.54 Å². The number of aryl methyl sites for hydroxylation is 1. The van der Waals surface area contributed by atoms with E-state index in [4.69, 9.17) is 0 Å². The molecule has 0 radical (unpaired) electrons. The monoisotopic (exact) mass is 384 g/mol. The number of nitrogens with one attached hydrogen (secondary N) is 1. The molecule has 0 aromatic carbocycles. The van der Waals surface area contributed by atoms with Crippen molar-refractivity contribution in [2.24, 2.45) is 0 Å². The quantitative estimate of drug-likeness (QED) is 0.663. The first-order valence-electron chi connectivity index (χ1n) is 9.60. The molecule has 4 rings (SSSR count). The molecule has 1 aliphatic carbocycles. The molecule has 7 heteroatoms. The van der Waals surface area contributed by atoms with Gasteiger partial charge in [-0.3, -0.25) is 14.0 Å². The van der Waals surface area contributed by atoms with E-state index in [0.717, 1.165) is 35.9 Å². The van der Waals surface area contributed by atoms with Crippen molar-refractivity contribution in [1.29, 1.82) is 0 Å². The minimum Gasteiger partial charge on any atom is -0.354 e. The van der Waals surface area contributed by atoms with Gasteiger partial charge in [0.1, 0.15) is 18.4 Å². The Kier molecular flexibility index (Phi) is 5.11. The van der Waals surface area contributed by atoms with Crippen molar-refractivity contribution in [1.82, 2.24) is 19.5 Å². The van der Waals surface area contributed by atoms with E-state index in [0.29, 0.717) is 12.1 Å². The fourth-order valence-corrected chi connectivity index (χ4v) is 4.65. The van der Waals surface area contributed by atoms with E-state index >= 15 is 0 Å². The van der Waals surface area contributed by atoms with Crippen LogP contribution < -0.4 is 10.9 Å². The molecule has 0 unspecified atom stereocenters. The molecule has 6 nitrogen and oxygen atoms in total. The van der Waals surface area contributed by atoms with Crippen LogP contribution >= 0.6 is 11.3 Å². The minimum atomic E-state index is -0.232. The van der Waals surface area contributed by atoms with Crippen molar-refractivity contribution in [3.63, 3.8) is 0 Å². The van der Waals surface area contributed by atoms with Gasteiger partial charge in [-0.1, -0.05) is 18.6 Å². The van der Waals surface area contributed by atoms with Gasteiger partial charge in [-0.25, -0.2) is 4.68 Å². The maximum Gasteiger partial charge on any atom is 0.291 e. The Bertz CT molecular complexity index is 1070. The van der Waals surface area contributed by atoms with Crippen LogP contribution in [0.5, 0.6) is 0 Å². The first kappa shape index (κ1) is 18.0. The lowest BCUT2D eigenvalue weighted by atomic mass is 9.97. The lowest BCUT2D eigenvalue weighted by Crippen LogP contribution is -2.34. The van der Waals surface area contributed by atoms with Gasteiger partial charge >= 0.3 is 0 Å². The first-order chi connectivity index (χ1) is 13.2. The molecule has 3 heterocycles. The Balaban J connectivity index is 1.45. The second-order valence-electron chi connectivity index (χ2n) is 7.02. The van der Waals surface area contributed by atoms with Crippen LogP contribution in [-0.4, -0.2) is 26.6 Å². The molecule has 1 amide bonds. The second-order valence-corrected chi connectivity index (χ2v) is 8.19. The fraction of sp³-hybridized carbons (Fsp3) is 0.450. The summed E-state index contributed by atoms with van der Waals surface area (Å²) in [6.45, 7) is 2.68. The predicted octanol–water partition coefficient (Wildman–Crippen LogP) is 3.28. The van der Waals surface area contributed by atoms with Crippen LogP contribution in [0.25, 0.3) is 15.7 Å². The van der Waals surface area contributed by atoms with Gasteiger partial charge in [0.15, 0.2) is 0 Å². The lowest BCUT2D eigenvalue weighted by molar-refractivity contribution is -0.121. The number of hydrogen-bond donors (Lipinski definition) is 1. The fourth-order valence-electron chi connectivity index (χ4n) is 3.62. The van der Waals surface area contributed by atoms with E-state index in [-0.39, 0.29) is 18.0 Å². The van der Waals surface area contributed by atoms with E-state index in [1.54, 1.807) is 17.7 Å². The number of nitrogens with zero attached hydrogens (tertiary/aromatic N) is 3. The van der Waals surface area contributed by atoms with E-state index < -0.39 is 0 Å². The molecule has 0 bridgehead atoms. The second kappa shape index (κ2) is 7.68. The third-order valence-electron chi connectivity index (χ3n) is 5.13. The zero-order chi connectivity index (χ0) is 18.8. The highest BCUT2D eigenvalue weighted by molar-refractivity contribution is 7.19. The molecule has 142 valence electrons. The number of allylic oxidation sites excluding steroid dienone is 1. The van der Waals surface area contributed by atoms with Gasteiger partial charge in [-0.05, 0) is 50.7 Å². The normalized spacial score (nSPS) is 14.6. The maximum absolute atomic E-state index is 12.7. The van der Waals surface area contributed by atoms with Gasteiger partial charge in [0.25, 0.3) is 5.56 Å². The van der Waals surface area contributed by atoms with Crippen LogP contribution in [0.4, 0.5) is 0 Å². The van der Waals surface area contributed by atoms with Crippen molar-refractivity contribution in [3.05, 3.63) is 45.3 Å².